The summed E-state index contributed by atoms with van der Waals surface area (Å²) in [5.74, 6) is -0.746. The minimum absolute atomic E-state index is 0.104. The second-order valence-electron chi connectivity index (χ2n) is 5.10. The molecule has 0 atom stereocenters. The molecule has 1 aromatic heterocycles. The number of para-hydroxylation sites is 1. The third-order valence-electron chi connectivity index (χ3n) is 3.29. The number of halogens is 1. The van der Waals surface area contributed by atoms with Crippen molar-refractivity contribution in [1.82, 2.24) is 14.8 Å². The van der Waals surface area contributed by atoms with Gasteiger partial charge in [-0.1, -0.05) is 18.2 Å². The highest BCUT2D eigenvalue weighted by molar-refractivity contribution is 5.91. The second-order valence-corrected chi connectivity index (χ2v) is 5.10. The Morgan fingerprint density at radius 3 is 2.71 bits per heavy atom. The van der Waals surface area contributed by atoms with Crippen LogP contribution in [-0.4, -0.2) is 27.3 Å². The highest BCUT2D eigenvalue weighted by atomic mass is 19.1. The van der Waals surface area contributed by atoms with Crippen LogP contribution in [0.1, 0.15) is 5.56 Å². The van der Waals surface area contributed by atoms with E-state index in [0.717, 1.165) is 11.3 Å². The van der Waals surface area contributed by atoms with Gasteiger partial charge in [-0.3, -0.25) is 4.79 Å². The standard InChI is InChI=1S/C17H15FN4O2/c1-12-4-2-3-5-15(12)22-11-19-17(21-22)24-10-16(23)20-14-8-6-13(18)7-9-14/h2-9,11H,10H2,1H3,(H,20,23). The average molecular weight is 326 g/mol. The summed E-state index contributed by atoms with van der Waals surface area (Å²) >= 11 is 0. The highest BCUT2D eigenvalue weighted by Gasteiger charge is 2.09. The molecule has 0 aliphatic heterocycles. The van der Waals surface area contributed by atoms with Gasteiger partial charge in [-0.15, -0.1) is 5.10 Å². The van der Waals surface area contributed by atoms with Crippen LogP contribution in [0.3, 0.4) is 0 Å². The number of hydrogen-bond acceptors (Lipinski definition) is 4. The predicted octanol–water partition coefficient (Wildman–Crippen LogP) is 2.73. The molecule has 2 aromatic carbocycles. The van der Waals surface area contributed by atoms with Crippen LogP contribution in [0.4, 0.5) is 10.1 Å². The summed E-state index contributed by atoms with van der Waals surface area (Å²) in [7, 11) is 0. The molecule has 1 heterocycles. The molecule has 3 rings (SSSR count). The fourth-order valence-electron chi connectivity index (χ4n) is 2.11. The van der Waals surface area contributed by atoms with Crippen LogP contribution in [0, 0.1) is 12.7 Å². The van der Waals surface area contributed by atoms with Crippen molar-refractivity contribution < 1.29 is 13.9 Å². The highest BCUT2D eigenvalue weighted by Crippen LogP contribution is 2.13. The lowest BCUT2D eigenvalue weighted by Crippen LogP contribution is -2.20. The van der Waals surface area contributed by atoms with Gasteiger partial charge in [0.25, 0.3) is 5.91 Å². The van der Waals surface area contributed by atoms with Crippen LogP contribution >= 0.6 is 0 Å². The number of amides is 1. The summed E-state index contributed by atoms with van der Waals surface area (Å²) in [6.07, 6.45) is 1.52. The van der Waals surface area contributed by atoms with Crippen molar-refractivity contribution in [2.75, 3.05) is 11.9 Å². The number of carbonyl (C=O) groups excluding carboxylic acids is 1. The number of rotatable bonds is 5. The Kier molecular flexibility index (Phi) is 4.51. The lowest BCUT2D eigenvalue weighted by Gasteiger charge is -2.05. The zero-order valence-electron chi connectivity index (χ0n) is 12.9. The Bertz CT molecular complexity index is 846. The number of anilines is 1. The summed E-state index contributed by atoms with van der Waals surface area (Å²) in [5, 5.41) is 6.78. The third kappa shape index (κ3) is 3.75. The van der Waals surface area contributed by atoms with Gasteiger partial charge in [-0.25, -0.2) is 9.07 Å². The fraction of sp³-hybridized carbons (Fsp3) is 0.118. The molecule has 0 bridgehead atoms. The number of nitrogens with one attached hydrogen (secondary N) is 1. The molecular weight excluding hydrogens is 311 g/mol. The van der Waals surface area contributed by atoms with Crippen molar-refractivity contribution in [1.29, 1.82) is 0 Å². The van der Waals surface area contributed by atoms with E-state index in [1.165, 1.54) is 30.6 Å². The topological polar surface area (TPSA) is 69.0 Å². The van der Waals surface area contributed by atoms with Crippen LogP contribution in [0.15, 0.2) is 54.9 Å². The molecule has 122 valence electrons. The number of carbonyl (C=O) groups is 1. The molecule has 6 nitrogen and oxygen atoms in total. The van der Waals surface area contributed by atoms with Crippen LogP contribution in [0.5, 0.6) is 6.01 Å². The zero-order chi connectivity index (χ0) is 16.9. The van der Waals surface area contributed by atoms with Gasteiger partial charge < -0.3 is 10.1 Å². The van der Waals surface area contributed by atoms with Crippen molar-refractivity contribution >= 4 is 11.6 Å². The number of benzene rings is 2. The summed E-state index contributed by atoms with van der Waals surface area (Å²) in [4.78, 5) is 15.8. The first-order valence-corrected chi connectivity index (χ1v) is 7.28. The van der Waals surface area contributed by atoms with Gasteiger partial charge in [0.15, 0.2) is 6.61 Å². The molecule has 0 fully saturated rings. The lowest BCUT2D eigenvalue weighted by atomic mass is 10.2. The number of aromatic nitrogens is 3. The minimum atomic E-state index is -0.381. The van der Waals surface area contributed by atoms with Gasteiger partial charge in [-0.05, 0) is 42.8 Å². The van der Waals surface area contributed by atoms with Gasteiger partial charge in [0.1, 0.15) is 12.1 Å². The number of hydrogen-bond donors (Lipinski definition) is 1. The maximum absolute atomic E-state index is 12.8. The van der Waals surface area contributed by atoms with Gasteiger partial charge >= 0.3 is 6.01 Å². The van der Waals surface area contributed by atoms with Crippen molar-refractivity contribution in [2.45, 2.75) is 6.92 Å². The maximum Gasteiger partial charge on any atom is 0.336 e. The molecule has 0 aliphatic carbocycles. The normalized spacial score (nSPS) is 10.4. The first-order chi connectivity index (χ1) is 11.6. The van der Waals surface area contributed by atoms with Gasteiger partial charge in [0, 0.05) is 5.69 Å². The Morgan fingerprint density at radius 1 is 1.21 bits per heavy atom. The molecule has 0 aliphatic rings. The van der Waals surface area contributed by atoms with Crippen molar-refractivity contribution in [3.8, 4) is 11.7 Å². The molecule has 1 N–H and O–H groups in total. The van der Waals surface area contributed by atoms with Gasteiger partial charge in [0.05, 0.1) is 5.69 Å². The van der Waals surface area contributed by atoms with E-state index < -0.39 is 0 Å². The van der Waals surface area contributed by atoms with Crippen molar-refractivity contribution in [3.05, 3.63) is 66.2 Å². The zero-order valence-corrected chi connectivity index (χ0v) is 12.9. The largest absolute Gasteiger partial charge is 0.452 e. The molecule has 0 radical (unpaired) electrons. The number of ether oxygens (including phenoxy) is 1. The van der Waals surface area contributed by atoms with Gasteiger partial charge in [-0.2, -0.15) is 4.98 Å². The van der Waals surface area contributed by atoms with Gasteiger partial charge in [0.2, 0.25) is 0 Å². The monoisotopic (exact) mass is 326 g/mol. The summed E-state index contributed by atoms with van der Waals surface area (Å²) in [6.45, 7) is 1.73. The molecule has 24 heavy (non-hydrogen) atoms. The number of nitrogens with zero attached hydrogens (tertiary/aromatic N) is 3. The Labute approximate surface area is 137 Å². The van der Waals surface area contributed by atoms with Crippen LogP contribution in [0.25, 0.3) is 5.69 Å². The van der Waals surface area contributed by atoms with Crippen LogP contribution < -0.4 is 10.1 Å². The fourth-order valence-corrected chi connectivity index (χ4v) is 2.11. The van der Waals surface area contributed by atoms with Crippen LogP contribution in [0.2, 0.25) is 0 Å². The summed E-state index contributed by atoms with van der Waals surface area (Å²) in [5.41, 5.74) is 2.42. The summed E-state index contributed by atoms with van der Waals surface area (Å²) < 4.78 is 19.7. The van der Waals surface area contributed by atoms with Crippen molar-refractivity contribution in [2.24, 2.45) is 0 Å². The SMILES string of the molecule is Cc1ccccc1-n1cnc(OCC(=O)Nc2ccc(F)cc2)n1. The van der Waals surface area contributed by atoms with E-state index in [9.17, 15) is 9.18 Å². The van der Waals surface area contributed by atoms with E-state index in [0.29, 0.717) is 5.69 Å². The second kappa shape index (κ2) is 6.91. The van der Waals surface area contributed by atoms with E-state index >= 15 is 0 Å². The average Bonchev–Trinajstić information content (AvgIpc) is 3.04. The smallest absolute Gasteiger partial charge is 0.336 e. The van der Waals surface area contributed by atoms with Crippen LogP contribution in [-0.2, 0) is 4.79 Å². The maximum atomic E-state index is 12.8. The molecular formula is C17H15FN4O2. The summed E-state index contributed by atoms with van der Waals surface area (Å²) in [6, 6.07) is 13.3. The third-order valence-corrected chi connectivity index (χ3v) is 3.29. The van der Waals surface area contributed by atoms with E-state index in [-0.39, 0.29) is 24.3 Å². The molecule has 7 heteroatoms. The molecule has 0 spiro atoms. The van der Waals surface area contributed by atoms with E-state index in [2.05, 4.69) is 15.4 Å². The Morgan fingerprint density at radius 2 is 1.96 bits per heavy atom. The first kappa shape index (κ1) is 15.7. The first-order valence-electron chi connectivity index (χ1n) is 7.28. The quantitative estimate of drug-likeness (QED) is 0.783. The molecule has 0 unspecified atom stereocenters. The van der Waals surface area contributed by atoms with E-state index in [1.807, 2.05) is 31.2 Å². The molecule has 3 aromatic rings. The minimum Gasteiger partial charge on any atom is -0.452 e. The molecule has 1 amide bonds. The Balaban J connectivity index is 1.58. The Hall–Kier alpha value is -3.22. The van der Waals surface area contributed by atoms with Crippen molar-refractivity contribution in [3.63, 3.8) is 0 Å². The van der Waals surface area contributed by atoms with E-state index in [4.69, 9.17) is 4.74 Å². The predicted molar refractivity (Wildman–Crippen MR) is 86.6 cm³/mol. The van der Waals surface area contributed by atoms with E-state index in [1.54, 1.807) is 4.68 Å². The lowest BCUT2D eigenvalue weighted by molar-refractivity contribution is -0.118. The molecule has 0 saturated heterocycles. The number of aryl methyl sites for hydroxylation is 1. The molecule has 0 saturated carbocycles.